The third-order valence-corrected chi connectivity index (χ3v) is 3.88. The second-order valence-electron chi connectivity index (χ2n) is 6.06. The van der Waals surface area contributed by atoms with Gasteiger partial charge in [-0.05, 0) is 25.0 Å². The van der Waals surface area contributed by atoms with Crippen molar-refractivity contribution < 1.29 is 18.7 Å². The molecule has 0 saturated carbocycles. The molecule has 1 heterocycles. The molecule has 1 N–H and O–H groups in total. The highest BCUT2D eigenvalue weighted by molar-refractivity contribution is 5.79. The SMILES string of the molecule is CC(C)C(=O)NC1CCN(C(=O)COc2cccc(F)c2)CC1. The highest BCUT2D eigenvalue weighted by Crippen LogP contribution is 2.14. The molecule has 5 nitrogen and oxygen atoms in total. The van der Waals surface area contributed by atoms with E-state index in [2.05, 4.69) is 5.32 Å². The molecule has 0 atom stereocenters. The van der Waals surface area contributed by atoms with E-state index in [0.717, 1.165) is 12.8 Å². The number of halogens is 1. The Morgan fingerprint density at radius 2 is 2.04 bits per heavy atom. The Kier molecular flexibility index (Phi) is 5.96. The zero-order valence-corrected chi connectivity index (χ0v) is 13.5. The van der Waals surface area contributed by atoms with Gasteiger partial charge in [0.15, 0.2) is 6.61 Å². The van der Waals surface area contributed by atoms with Gasteiger partial charge in [0.25, 0.3) is 5.91 Å². The second kappa shape index (κ2) is 7.94. The first-order chi connectivity index (χ1) is 11.0. The van der Waals surface area contributed by atoms with Gasteiger partial charge >= 0.3 is 0 Å². The number of ether oxygens (including phenoxy) is 1. The number of piperidine rings is 1. The van der Waals surface area contributed by atoms with Crippen LogP contribution in [0.5, 0.6) is 5.75 Å². The summed E-state index contributed by atoms with van der Waals surface area (Å²) < 4.78 is 18.4. The lowest BCUT2D eigenvalue weighted by molar-refractivity contribution is -0.134. The van der Waals surface area contributed by atoms with E-state index in [4.69, 9.17) is 4.74 Å². The van der Waals surface area contributed by atoms with Gasteiger partial charge in [-0.3, -0.25) is 9.59 Å². The van der Waals surface area contributed by atoms with Crippen LogP contribution in [0, 0.1) is 11.7 Å². The Morgan fingerprint density at radius 3 is 2.65 bits per heavy atom. The molecule has 1 aromatic rings. The summed E-state index contributed by atoms with van der Waals surface area (Å²) in [5.74, 6) is -0.157. The standard InChI is InChI=1S/C17H23FN2O3/c1-12(2)17(22)19-14-6-8-20(9-7-14)16(21)11-23-15-5-3-4-13(18)10-15/h3-5,10,12,14H,6-9,11H2,1-2H3,(H,19,22). The lowest BCUT2D eigenvalue weighted by atomic mass is 10.0. The lowest BCUT2D eigenvalue weighted by Gasteiger charge is -2.32. The van der Waals surface area contributed by atoms with Gasteiger partial charge in [-0.2, -0.15) is 0 Å². The van der Waals surface area contributed by atoms with E-state index in [9.17, 15) is 14.0 Å². The van der Waals surface area contributed by atoms with E-state index >= 15 is 0 Å². The van der Waals surface area contributed by atoms with Crippen LogP contribution >= 0.6 is 0 Å². The van der Waals surface area contributed by atoms with Crippen molar-refractivity contribution >= 4 is 11.8 Å². The van der Waals surface area contributed by atoms with Gasteiger partial charge in [0.05, 0.1) is 0 Å². The van der Waals surface area contributed by atoms with Crippen molar-refractivity contribution in [2.75, 3.05) is 19.7 Å². The van der Waals surface area contributed by atoms with E-state index in [1.807, 2.05) is 13.8 Å². The number of amides is 2. The van der Waals surface area contributed by atoms with Crippen molar-refractivity contribution in [1.29, 1.82) is 0 Å². The fraction of sp³-hybridized carbons (Fsp3) is 0.529. The average molecular weight is 322 g/mol. The minimum atomic E-state index is -0.392. The van der Waals surface area contributed by atoms with Crippen molar-refractivity contribution in [3.8, 4) is 5.75 Å². The smallest absolute Gasteiger partial charge is 0.260 e. The van der Waals surface area contributed by atoms with E-state index in [1.54, 1.807) is 11.0 Å². The summed E-state index contributed by atoms with van der Waals surface area (Å²) in [6, 6.07) is 5.85. The summed E-state index contributed by atoms with van der Waals surface area (Å²) in [5.41, 5.74) is 0. The first-order valence-electron chi connectivity index (χ1n) is 7.92. The van der Waals surface area contributed by atoms with Gasteiger partial charge in [-0.1, -0.05) is 19.9 Å². The van der Waals surface area contributed by atoms with Crippen molar-refractivity contribution in [3.05, 3.63) is 30.1 Å². The quantitative estimate of drug-likeness (QED) is 0.902. The molecule has 0 unspecified atom stereocenters. The largest absolute Gasteiger partial charge is 0.484 e. The summed E-state index contributed by atoms with van der Waals surface area (Å²) in [4.78, 5) is 25.5. The maximum absolute atomic E-state index is 13.0. The molecule has 0 aliphatic carbocycles. The zero-order valence-electron chi connectivity index (χ0n) is 13.5. The van der Waals surface area contributed by atoms with Gasteiger partial charge < -0.3 is 15.0 Å². The molecule has 1 aliphatic rings. The molecular formula is C17H23FN2O3. The number of benzene rings is 1. The molecule has 0 aromatic heterocycles. The maximum Gasteiger partial charge on any atom is 0.260 e. The fourth-order valence-electron chi connectivity index (χ4n) is 2.43. The van der Waals surface area contributed by atoms with Crippen LogP contribution in [0.25, 0.3) is 0 Å². The Bertz CT molecular complexity index is 555. The van der Waals surface area contributed by atoms with Crippen molar-refractivity contribution in [2.45, 2.75) is 32.7 Å². The van der Waals surface area contributed by atoms with Crippen molar-refractivity contribution in [1.82, 2.24) is 10.2 Å². The number of nitrogens with one attached hydrogen (secondary N) is 1. The van der Waals surface area contributed by atoms with Crippen LogP contribution in [0.2, 0.25) is 0 Å². The number of carbonyl (C=O) groups is 2. The van der Waals surface area contributed by atoms with Crippen LogP contribution in [0.3, 0.4) is 0 Å². The average Bonchev–Trinajstić information content (AvgIpc) is 2.53. The van der Waals surface area contributed by atoms with Crippen LogP contribution in [0.4, 0.5) is 4.39 Å². The van der Waals surface area contributed by atoms with E-state index in [0.29, 0.717) is 18.8 Å². The third-order valence-electron chi connectivity index (χ3n) is 3.88. The molecule has 0 bridgehead atoms. The Morgan fingerprint density at radius 1 is 1.35 bits per heavy atom. The van der Waals surface area contributed by atoms with E-state index in [1.165, 1.54) is 18.2 Å². The fourth-order valence-corrected chi connectivity index (χ4v) is 2.43. The summed E-state index contributed by atoms with van der Waals surface area (Å²) in [5, 5.41) is 2.99. The monoisotopic (exact) mass is 322 g/mol. The second-order valence-corrected chi connectivity index (χ2v) is 6.06. The minimum Gasteiger partial charge on any atom is -0.484 e. The Balaban J connectivity index is 1.74. The van der Waals surface area contributed by atoms with Gasteiger partial charge in [-0.15, -0.1) is 0 Å². The number of carbonyl (C=O) groups excluding carboxylic acids is 2. The topological polar surface area (TPSA) is 58.6 Å². The highest BCUT2D eigenvalue weighted by atomic mass is 19.1. The number of rotatable bonds is 5. The van der Waals surface area contributed by atoms with Crippen LogP contribution in [0.1, 0.15) is 26.7 Å². The lowest BCUT2D eigenvalue weighted by Crippen LogP contribution is -2.48. The molecular weight excluding hydrogens is 299 g/mol. The molecule has 6 heteroatoms. The van der Waals surface area contributed by atoms with Gasteiger partial charge in [-0.25, -0.2) is 4.39 Å². The van der Waals surface area contributed by atoms with Crippen LogP contribution in [-0.2, 0) is 9.59 Å². The first kappa shape index (κ1) is 17.2. The molecule has 1 aliphatic heterocycles. The normalized spacial score (nSPS) is 15.6. The van der Waals surface area contributed by atoms with Gasteiger partial charge in [0.1, 0.15) is 11.6 Å². The minimum absolute atomic E-state index is 0.0330. The maximum atomic E-state index is 13.0. The molecule has 2 amide bonds. The van der Waals surface area contributed by atoms with Gasteiger partial charge in [0, 0.05) is 31.1 Å². The van der Waals surface area contributed by atoms with Crippen molar-refractivity contribution in [3.63, 3.8) is 0 Å². The first-order valence-corrected chi connectivity index (χ1v) is 7.92. The third kappa shape index (κ3) is 5.23. The predicted octanol–water partition coefficient (Wildman–Crippen LogP) is 1.97. The predicted molar refractivity (Wildman–Crippen MR) is 84.5 cm³/mol. The van der Waals surface area contributed by atoms with Crippen LogP contribution in [-0.4, -0.2) is 42.5 Å². The van der Waals surface area contributed by atoms with Crippen molar-refractivity contribution in [2.24, 2.45) is 5.92 Å². The number of hydrogen-bond donors (Lipinski definition) is 1. The van der Waals surface area contributed by atoms with Crippen LogP contribution in [0.15, 0.2) is 24.3 Å². The summed E-state index contributed by atoms with van der Waals surface area (Å²) in [7, 11) is 0. The highest BCUT2D eigenvalue weighted by Gasteiger charge is 2.24. The Hall–Kier alpha value is -2.11. The molecule has 23 heavy (non-hydrogen) atoms. The number of hydrogen-bond acceptors (Lipinski definition) is 3. The molecule has 2 rings (SSSR count). The number of likely N-dealkylation sites (tertiary alicyclic amines) is 1. The summed E-state index contributed by atoms with van der Waals surface area (Å²) in [6.07, 6.45) is 1.48. The van der Waals surface area contributed by atoms with Gasteiger partial charge in [0.2, 0.25) is 5.91 Å². The summed E-state index contributed by atoms with van der Waals surface area (Å²) in [6.45, 7) is 4.80. The zero-order chi connectivity index (χ0) is 16.8. The van der Waals surface area contributed by atoms with E-state index < -0.39 is 5.82 Å². The molecule has 1 fully saturated rings. The molecule has 1 aromatic carbocycles. The molecule has 126 valence electrons. The summed E-state index contributed by atoms with van der Waals surface area (Å²) >= 11 is 0. The molecule has 0 spiro atoms. The molecule has 1 saturated heterocycles. The Labute approximate surface area is 135 Å². The van der Waals surface area contributed by atoms with Crippen LogP contribution < -0.4 is 10.1 Å². The number of nitrogens with zero attached hydrogens (tertiary/aromatic N) is 1. The molecule has 0 radical (unpaired) electrons. The van der Waals surface area contributed by atoms with E-state index in [-0.39, 0.29) is 30.4 Å².